The second kappa shape index (κ2) is 4.65. The van der Waals surface area contributed by atoms with Crippen LogP contribution in [0.2, 0.25) is 0 Å². The molecular weight excluding hydrogens is 253 g/mol. The quantitative estimate of drug-likeness (QED) is 0.795. The Morgan fingerprint density at radius 1 is 1.32 bits per heavy atom. The fraction of sp³-hybridized carbons (Fsp3) is 0.846. The maximum absolute atomic E-state index is 13.8. The number of nitrogens with zero attached hydrogens (tertiary/aromatic N) is 1. The van der Waals surface area contributed by atoms with Crippen molar-refractivity contribution >= 4 is 12.1 Å². The molecule has 6 heteroatoms. The van der Waals surface area contributed by atoms with E-state index in [0.717, 1.165) is 0 Å². The number of hydrogen-bond acceptors (Lipinski definition) is 3. The molecule has 3 aliphatic rings. The van der Waals surface area contributed by atoms with Crippen molar-refractivity contribution in [2.75, 3.05) is 0 Å². The fourth-order valence-corrected chi connectivity index (χ4v) is 3.04. The number of carboxylic acids is 1. The molecule has 1 N–H and O–H groups in total. The molecule has 2 bridgehead atoms. The third-order valence-corrected chi connectivity index (χ3v) is 3.75. The molecule has 5 nitrogen and oxygen atoms in total. The number of rotatable bonds is 1. The Morgan fingerprint density at radius 2 is 1.95 bits per heavy atom. The molecule has 0 spiro atoms. The Balaban J connectivity index is 2.22. The van der Waals surface area contributed by atoms with E-state index in [1.165, 1.54) is 4.90 Å². The average Bonchev–Trinajstić information content (AvgIpc) is 2.25. The van der Waals surface area contributed by atoms with Crippen LogP contribution >= 0.6 is 0 Å². The fourth-order valence-electron chi connectivity index (χ4n) is 3.04. The number of alkyl halides is 1. The standard InChI is InChI=1S/C13H20FNO4/c1-13(2,3)19-12(18)15-7-4-5-8(9(14)6-7)10(15)11(16)17/h7-10H,4-6H2,1-3H3,(H,16,17)/t7-,8-,9+,10+/m1/s1. The Hall–Kier alpha value is -1.33. The zero-order chi connectivity index (χ0) is 14.4. The van der Waals surface area contributed by atoms with Gasteiger partial charge in [0.05, 0.1) is 0 Å². The van der Waals surface area contributed by atoms with Gasteiger partial charge in [0.15, 0.2) is 0 Å². The van der Waals surface area contributed by atoms with Crippen LogP contribution in [0.5, 0.6) is 0 Å². The highest BCUT2D eigenvalue weighted by molar-refractivity contribution is 5.81. The van der Waals surface area contributed by atoms with Crippen LogP contribution in [0.4, 0.5) is 9.18 Å². The van der Waals surface area contributed by atoms with Gasteiger partial charge >= 0.3 is 12.1 Å². The molecule has 108 valence electrons. The molecule has 4 atom stereocenters. The molecule has 0 aromatic rings. The number of hydrogen-bond donors (Lipinski definition) is 1. The topological polar surface area (TPSA) is 66.8 Å². The van der Waals surface area contributed by atoms with Gasteiger partial charge < -0.3 is 9.84 Å². The third-order valence-electron chi connectivity index (χ3n) is 3.75. The molecule has 3 fully saturated rings. The normalized spacial score (nSPS) is 34.2. The molecule has 3 rings (SSSR count). The van der Waals surface area contributed by atoms with Crippen molar-refractivity contribution in [3.8, 4) is 0 Å². The first-order chi connectivity index (χ1) is 8.70. The lowest BCUT2D eigenvalue weighted by Gasteiger charge is -2.50. The summed E-state index contributed by atoms with van der Waals surface area (Å²) in [7, 11) is 0. The van der Waals surface area contributed by atoms with E-state index in [2.05, 4.69) is 0 Å². The lowest BCUT2D eigenvalue weighted by atomic mass is 9.73. The van der Waals surface area contributed by atoms with E-state index in [9.17, 15) is 19.1 Å². The highest BCUT2D eigenvalue weighted by atomic mass is 19.1. The highest BCUT2D eigenvalue weighted by Gasteiger charge is 2.53. The minimum Gasteiger partial charge on any atom is -0.480 e. The van der Waals surface area contributed by atoms with Gasteiger partial charge in [-0.3, -0.25) is 4.90 Å². The minimum absolute atomic E-state index is 0.216. The van der Waals surface area contributed by atoms with E-state index in [-0.39, 0.29) is 12.5 Å². The van der Waals surface area contributed by atoms with Gasteiger partial charge in [0.1, 0.15) is 17.8 Å². The van der Waals surface area contributed by atoms with E-state index >= 15 is 0 Å². The lowest BCUT2D eigenvalue weighted by Crippen LogP contribution is -2.64. The molecule has 1 aliphatic carbocycles. The van der Waals surface area contributed by atoms with Crippen LogP contribution in [0.1, 0.15) is 40.0 Å². The first kappa shape index (κ1) is 14.1. The minimum atomic E-state index is -1.15. The van der Waals surface area contributed by atoms with Gasteiger partial charge in [-0.25, -0.2) is 14.0 Å². The molecule has 2 heterocycles. The van der Waals surface area contributed by atoms with Crippen molar-refractivity contribution in [1.82, 2.24) is 4.90 Å². The zero-order valence-electron chi connectivity index (χ0n) is 11.4. The number of piperidine rings is 2. The smallest absolute Gasteiger partial charge is 0.411 e. The van der Waals surface area contributed by atoms with Crippen molar-refractivity contribution in [2.24, 2.45) is 5.92 Å². The van der Waals surface area contributed by atoms with Crippen molar-refractivity contribution in [3.63, 3.8) is 0 Å². The molecule has 0 unspecified atom stereocenters. The number of carbonyl (C=O) groups is 2. The average molecular weight is 273 g/mol. The zero-order valence-corrected chi connectivity index (χ0v) is 11.4. The van der Waals surface area contributed by atoms with E-state index in [1.54, 1.807) is 20.8 Å². The van der Waals surface area contributed by atoms with Gasteiger partial charge in [-0.05, 0) is 40.0 Å². The maximum Gasteiger partial charge on any atom is 0.411 e. The number of carbonyl (C=O) groups excluding carboxylic acids is 1. The van der Waals surface area contributed by atoms with Crippen LogP contribution in [-0.4, -0.2) is 45.9 Å². The van der Waals surface area contributed by atoms with E-state index in [0.29, 0.717) is 12.8 Å². The van der Waals surface area contributed by atoms with E-state index in [4.69, 9.17) is 4.74 Å². The van der Waals surface area contributed by atoms with Crippen LogP contribution in [0.3, 0.4) is 0 Å². The summed E-state index contributed by atoms with van der Waals surface area (Å²) >= 11 is 0. The Kier molecular flexibility index (Phi) is 3.45. The van der Waals surface area contributed by atoms with Gasteiger partial charge in [-0.15, -0.1) is 0 Å². The monoisotopic (exact) mass is 273 g/mol. The predicted molar refractivity (Wildman–Crippen MR) is 65.5 cm³/mol. The van der Waals surface area contributed by atoms with Gasteiger partial charge in [-0.1, -0.05) is 0 Å². The molecule has 2 saturated heterocycles. The Morgan fingerprint density at radius 3 is 2.42 bits per heavy atom. The first-order valence-electron chi connectivity index (χ1n) is 6.59. The van der Waals surface area contributed by atoms with Crippen molar-refractivity contribution < 1.29 is 23.8 Å². The molecular formula is C13H20FNO4. The summed E-state index contributed by atoms with van der Waals surface area (Å²) in [5.74, 6) is -1.77. The number of aliphatic carboxylic acids is 1. The molecule has 0 aromatic carbocycles. The predicted octanol–water partition coefficient (Wildman–Crippen LogP) is 2.20. The van der Waals surface area contributed by atoms with Crippen molar-refractivity contribution in [1.29, 1.82) is 0 Å². The van der Waals surface area contributed by atoms with Gasteiger partial charge in [0, 0.05) is 12.0 Å². The van der Waals surface area contributed by atoms with Crippen molar-refractivity contribution in [2.45, 2.75) is 63.9 Å². The highest BCUT2D eigenvalue weighted by Crippen LogP contribution is 2.42. The van der Waals surface area contributed by atoms with Gasteiger partial charge in [0.25, 0.3) is 0 Å². The maximum atomic E-state index is 13.8. The number of ether oxygens (including phenoxy) is 1. The van der Waals surface area contributed by atoms with Crippen LogP contribution in [0.15, 0.2) is 0 Å². The molecule has 19 heavy (non-hydrogen) atoms. The first-order valence-corrected chi connectivity index (χ1v) is 6.59. The second-order valence-electron chi connectivity index (χ2n) is 6.32. The summed E-state index contributed by atoms with van der Waals surface area (Å²) in [4.78, 5) is 24.7. The number of carboxylic acid groups (broad SMARTS) is 1. The van der Waals surface area contributed by atoms with Gasteiger partial charge in [-0.2, -0.15) is 0 Å². The molecule has 0 radical (unpaired) electrons. The second-order valence-corrected chi connectivity index (χ2v) is 6.32. The number of halogens is 1. The Labute approximate surface area is 111 Å². The molecule has 2 aliphatic heterocycles. The van der Waals surface area contributed by atoms with Crippen LogP contribution in [-0.2, 0) is 9.53 Å². The number of amides is 1. The summed E-state index contributed by atoms with van der Waals surface area (Å²) < 4.78 is 19.1. The van der Waals surface area contributed by atoms with Crippen LogP contribution in [0.25, 0.3) is 0 Å². The lowest BCUT2D eigenvalue weighted by molar-refractivity contribution is -0.156. The van der Waals surface area contributed by atoms with Crippen LogP contribution < -0.4 is 0 Å². The largest absolute Gasteiger partial charge is 0.480 e. The third kappa shape index (κ3) is 2.67. The Bertz CT molecular complexity index is 393. The SMILES string of the molecule is CC(C)(C)OC(=O)N1[C@@H]2CC[C@@H]([C@H]1C(=O)O)[C@@H](F)C2. The number of fused-ring (bicyclic) bond motifs is 3. The van der Waals surface area contributed by atoms with Gasteiger partial charge in [0.2, 0.25) is 0 Å². The van der Waals surface area contributed by atoms with Crippen LogP contribution in [0, 0.1) is 5.92 Å². The summed E-state index contributed by atoms with van der Waals surface area (Å²) in [6.07, 6.45) is -0.413. The summed E-state index contributed by atoms with van der Waals surface area (Å²) in [6, 6.07) is -1.46. The van der Waals surface area contributed by atoms with Crippen molar-refractivity contribution in [3.05, 3.63) is 0 Å². The summed E-state index contributed by atoms with van der Waals surface area (Å²) in [5, 5.41) is 9.28. The molecule has 1 amide bonds. The summed E-state index contributed by atoms with van der Waals surface area (Å²) in [5.41, 5.74) is -0.689. The molecule has 1 saturated carbocycles. The van der Waals surface area contributed by atoms with E-state index < -0.39 is 35.8 Å². The summed E-state index contributed by atoms with van der Waals surface area (Å²) in [6.45, 7) is 5.17. The van der Waals surface area contributed by atoms with E-state index in [1.807, 2.05) is 0 Å². The molecule has 0 aromatic heterocycles.